The third-order valence-corrected chi connectivity index (χ3v) is 6.03. The van der Waals surface area contributed by atoms with Crippen LogP contribution in [-0.2, 0) is 0 Å². The van der Waals surface area contributed by atoms with E-state index in [-0.39, 0.29) is 17.8 Å². The first-order chi connectivity index (χ1) is 13.5. The number of nitrogens with two attached hydrogens (primary N) is 1. The van der Waals surface area contributed by atoms with E-state index in [0.717, 1.165) is 25.8 Å². The van der Waals surface area contributed by atoms with Crippen molar-refractivity contribution in [3.63, 3.8) is 0 Å². The molecule has 0 amide bonds. The standard InChI is InChI=1S/C19H19Cl2N7/c1-2-11-8-10(23)6-7-28(11)19-24-14(9-22)15-17(26-27-18(15)25-19)12-4-3-5-13(20)16(12)21/h3-5,10-11H,2,6-8,23H2,1H3,(H,24,25,26,27)/t10-,11-/m0/s1. The largest absolute Gasteiger partial charge is 0.338 e. The summed E-state index contributed by atoms with van der Waals surface area (Å²) in [4.78, 5) is 11.3. The number of fused-ring (bicyclic) bond motifs is 1. The Balaban J connectivity index is 1.84. The van der Waals surface area contributed by atoms with E-state index < -0.39 is 0 Å². The molecule has 0 bridgehead atoms. The molecule has 2 atom stereocenters. The van der Waals surface area contributed by atoms with Crippen molar-refractivity contribution >= 4 is 40.2 Å². The van der Waals surface area contributed by atoms with Crippen LogP contribution in [0.3, 0.4) is 0 Å². The summed E-state index contributed by atoms with van der Waals surface area (Å²) in [6.07, 6.45) is 2.67. The van der Waals surface area contributed by atoms with Crippen molar-refractivity contribution < 1.29 is 0 Å². The van der Waals surface area contributed by atoms with Crippen LogP contribution < -0.4 is 10.6 Å². The van der Waals surface area contributed by atoms with Gasteiger partial charge in [0.05, 0.1) is 21.1 Å². The summed E-state index contributed by atoms with van der Waals surface area (Å²) in [6.45, 7) is 2.88. The molecule has 3 N–H and O–H groups in total. The summed E-state index contributed by atoms with van der Waals surface area (Å²) in [5, 5.41) is 18.4. The van der Waals surface area contributed by atoms with Crippen molar-refractivity contribution in [1.29, 1.82) is 5.26 Å². The second kappa shape index (κ2) is 7.55. The zero-order valence-electron chi connectivity index (χ0n) is 15.3. The van der Waals surface area contributed by atoms with E-state index in [1.165, 1.54) is 0 Å². The van der Waals surface area contributed by atoms with Gasteiger partial charge in [0.2, 0.25) is 5.95 Å². The predicted octanol–water partition coefficient (Wildman–Crippen LogP) is 3.90. The molecule has 0 unspecified atom stereocenters. The van der Waals surface area contributed by atoms with E-state index in [1.807, 2.05) is 6.07 Å². The van der Waals surface area contributed by atoms with Crippen LogP contribution in [0.4, 0.5) is 5.95 Å². The van der Waals surface area contributed by atoms with Gasteiger partial charge in [0, 0.05) is 24.2 Å². The minimum atomic E-state index is 0.183. The lowest BCUT2D eigenvalue weighted by molar-refractivity contribution is 0.398. The number of H-pyrrole nitrogens is 1. The molecule has 3 aromatic rings. The fourth-order valence-electron chi connectivity index (χ4n) is 3.75. The van der Waals surface area contributed by atoms with Gasteiger partial charge in [-0.25, -0.2) is 4.98 Å². The normalized spacial score (nSPS) is 19.8. The molecule has 1 aromatic carbocycles. The van der Waals surface area contributed by atoms with E-state index >= 15 is 0 Å². The smallest absolute Gasteiger partial charge is 0.229 e. The molecular formula is C19H19Cl2N7. The number of rotatable bonds is 3. The molecular weight excluding hydrogens is 397 g/mol. The molecule has 1 aliphatic heterocycles. The van der Waals surface area contributed by atoms with Crippen molar-refractivity contribution in [2.75, 3.05) is 11.4 Å². The molecule has 144 valence electrons. The molecule has 0 saturated carbocycles. The van der Waals surface area contributed by atoms with Gasteiger partial charge in [0.15, 0.2) is 11.3 Å². The first-order valence-corrected chi connectivity index (χ1v) is 9.91. The quantitative estimate of drug-likeness (QED) is 0.671. The van der Waals surface area contributed by atoms with Crippen LogP contribution >= 0.6 is 23.2 Å². The van der Waals surface area contributed by atoms with Gasteiger partial charge in [-0.15, -0.1) is 0 Å². The number of nitriles is 1. The summed E-state index contributed by atoms with van der Waals surface area (Å²) in [5.74, 6) is 0.512. The molecule has 2 aromatic heterocycles. The molecule has 1 saturated heterocycles. The highest BCUT2D eigenvalue weighted by molar-refractivity contribution is 6.43. The van der Waals surface area contributed by atoms with Crippen LogP contribution in [0.2, 0.25) is 10.0 Å². The summed E-state index contributed by atoms with van der Waals surface area (Å²) < 4.78 is 0. The SMILES string of the molecule is CC[C@H]1C[C@@H](N)CCN1c1nc(C#N)c2c(-c3cccc(Cl)c3Cl)[nH]nc2n1. The monoisotopic (exact) mass is 415 g/mol. The van der Waals surface area contributed by atoms with Gasteiger partial charge in [-0.1, -0.05) is 42.3 Å². The highest BCUT2D eigenvalue weighted by atomic mass is 35.5. The number of aromatic nitrogens is 4. The van der Waals surface area contributed by atoms with E-state index in [1.54, 1.807) is 12.1 Å². The summed E-state index contributed by atoms with van der Waals surface area (Å²) in [6, 6.07) is 7.92. The number of nitrogens with one attached hydrogen (secondary N) is 1. The van der Waals surface area contributed by atoms with Gasteiger partial charge in [-0.2, -0.15) is 15.3 Å². The Morgan fingerprint density at radius 1 is 1.36 bits per heavy atom. The second-order valence-corrected chi connectivity index (χ2v) is 7.71. The molecule has 28 heavy (non-hydrogen) atoms. The molecule has 9 heteroatoms. The minimum absolute atomic E-state index is 0.183. The van der Waals surface area contributed by atoms with E-state index in [0.29, 0.717) is 38.3 Å². The Morgan fingerprint density at radius 3 is 2.93 bits per heavy atom. The Kier molecular flexibility index (Phi) is 5.11. The van der Waals surface area contributed by atoms with Crippen LogP contribution in [0.1, 0.15) is 31.9 Å². The van der Waals surface area contributed by atoms with Gasteiger partial charge in [0.1, 0.15) is 6.07 Å². The van der Waals surface area contributed by atoms with E-state index in [2.05, 4.69) is 38.1 Å². The molecule has 0 spiro atoms. The highest BCUT2D eigenvalue weighted by Crippen LogP contribution is 2.37. The van der Waals surface area contributed by atoms with E-state index in [9.17, 15) is 5.26 Å². The molecule has 1 aliphatic rings. The molecule has 1 fully saturated rings. The molecule has 3 heterocycles. The number of hydrogen-bond donors (Lipinski definition) is 2. The third kappa shape index (κ3) is 3.18. The van der Waals surface area contributed by atoms with Crippen molar-refractivity contribution in [2.24, 2.45) is 5.73 Å². The zero-order valence-corrected chi connectivity index (χ0v) is 16.8. The number of hydrogen-bond acceptors (Lipinski definition) is 6. The lowest BCUT2D eigenvalue weighted by atomic mass is 9.96. The van der Waals surface area contributed by atoms with Crippen molar-refractivity contribution in [3.05, 3.63) is 33.9 Å². The average Bonchev–Trinajstić information content (AvgIpc) is 3.13. The molecule has 0 radical (unpaired) electrons. The first-order valence-electron chi connectivity index (χ1n) is 9.16. The Bertz CT molecular complexity index is 1070. The van der Waals surface area contributed by atoms with Gasteiger partial charge in [-0.3, -0.25) is 5.10 Å². The van der Waals surface area contributed by atoms with Gasteiger partial charge >= 0.3 is 0 Å². The lowest BCUT2D eigenvalue weighted by Crippen LogP contribution is -2.47. The Labute approximate surface area is 172 Å². The molecule has 0 aliphatic carbocycles. The number of halogens is 2. The fraction of sp³-hybridized carbons (Fsp3) is 0.368. The number of piperidine rings is 1. The van der Waals surface area contributed by atoms with Gasteiger partial charge < -0.3 is 10.6 Å². The third-order valence-electron chi connectivity index (χ3n) is 5.21. The minimum Gasteiger partial charge on any atom is -0.338 e. The van der Waals surface area contributed by atoms with Crippen molar-refractivity contribution in [3.8, 4) is 17.3 Å². The predicted molar refractivity (Wildman–Crippen MR) is 110 cm³/mol. The lowest BCUT2D eigenvalue weighted by Gasteiger charge is -2.38. The maximum absolute atomic E-state index is 9.76. The van der Waals surface area contributed by atoms with Crippen LogP contribution in [0.5, 0.6) is 0 Å². The maximum atomic E-state index is 9.76. The summed E-state index contributed by atoms with van der Waals surface area (Å²) >= 11 is 12.5. The number of anilines is 1. The summed E-state index contributed by atoms with van der Waals surface area (Å²) in [5.41, 5.74) is 8.04. The number of aromatic amines is 1. The van der Waals surface area contributed by atoms with Crippen LogP contribution in [-0.4, -0.2) is 38.8 Å². The average molecular weight is 416 g/mol. The van der Waals surface area contributed by atoms with Crippen LogP contribution in [0.15, 0.2) is 18.2 Å². The topological polar surface area (TPSA) is 108 Å². The number of nitrogens with zero attached hydrogens (tertiary/aromatic N) is 5. The molecule has 7 nitrogen and oxygen atoms in total. The van der Waals surface area contributed by atoms with Gasteiger partial charge in [0.25, 0.3) is 0 Å². The van der Waals surface area contributed by atoms with Crippen LogP contribution in [0, 0.1) is 11.3 Å². The molecule has 4 rings (SSSR count). The first kappa shape index (κ1) is 18.9. The summed E-state index contributed by atoms with van der Waals surface area (Å²) in [7, 11) is 0. The Morgan fingerprint density at radius 2 is 2.18 bits per heavy atom. The highest BCUT2D eigenvalue weighted by Gasteiger charge is 2.29. The van der Waals surface area contributed by atoms with E-state index in [4.69, 9.17) is 28.9 Å². The van der Waals surface area contributed by atoms with Crippen molar-refractivity contribution in [1.82, 2.24) is 20.2 Å². The van der Waals surface area contributed by atoms with Crippen LogP contribution in [0.25, 0.3) is 22.3 Å². The number of benzene rings is 1. The maximum Gasteiger partial charge on any atom is 0.229 e. The Hall–Kier alpha value is -2.40. The second-order valence-electron chi connectivity index (χ2n) is 6.92. The van der Waals surface area contributed by atoms with Crippen molar-refractivity contribution in [2.45, 2.75) is 38.3 Å². The van der Waals surface area contributed by atoms with Gasteiger partial charge in [-0.05, 0) is 25.3 Å². The fourth-order valence-corrected chi connectivity index (χ4v) is 4.14. The zero-order chi connectivity index (χ0) is 19.8.